The van der Waals surface area contributed by atoms with Crippen LogP contribution in [0.25, 0.3) is 0 Å². The Kier molecular flexibility index (Phi) is 6.16. The number of benzene rings is 1. The molecule has 0 aliphatic rings. The Bertz CT molecular complexity index is 322. The zero-order chi connectivity index (χ0) is 12.7. The first-order chi connectivity index (χ1) is 8.11. The first kappa shape index (κ1) is 14.1. The van der Waals surface area contributed by atoms with Gasteiger partial charge >= 0.3 is 0 Å². The number of rotatable bonds is 7. The summed E-state index contributed by atoms with van der Waals surface area (Å²) in [4.78, 5) is 0. The molecule has 4 heteroatoms. The van der Waals surface area contributed by atoms with Gasteiger partial charge in [0.2, 0.25) is 0 Å². The summed E-state index contributed by atoms with van der Waals surface area (Å²) in [6.07, 6.45) is 0.942. The first-order valence-electron chi connectivity index (χ1n) is 5.97. The highest BCUT2D eigenvalue weighted by molar-refractivity contribution is 6.33. The van der Waals surface area contributed by atoms with E-state index in [1.807, 2.05) is 18.2 Å². The van der Waals surface area contributed by atoms with Crippen LogP contribution in [-0.2, 0) is 4.74 Å². The summed E-state index contributed by atoms with van der Waals surface area (Å²) in [7, 11) is 0. The maximum Gasteiger partial charge on any atom is 0.0763 e. The molecule has 0 aliphatic heterocycles. The van der Waals surface area contributed by atoms with E-state index in [2.05, 4.69) is 19.2 Å². The molecule has 0 fully saturated rings. The highest BCUT2D eigenvalue weighted by Gasteiger charge is 2.02. The molecule has 96 valence electrons. The monoisotopic (exact) mass is 256 g/mol. The van der Waals surface area contributed by atoms with Crippen molar-refractivity contribution in [1.29, 1.82) is 0 Å². The molecular formula is C13H21ClN2O. The molecular weight excluding hydrogens is 236 g/mol. The van der Waals surface area contributed by atoms with Crippen molar-refractivity contribution < 1.29 is 4.74 Å². The predicted molar refractivity (Wildman–Crippen MR) is 74.6 cm³/mol. The van der Waals surface area contributed by atoms with Crippen molar-refractivity contribution in [3.05, 3.63) is 23.2 Å². The lowest BCUT2D eigenvalue weighted by Crippen LogP contribution is -2.09. The van der Waals surface area contributed by atoms with Crippen LogP contribution < -0.4 is 11.1 Å². The van der Waals surface area contributed by atoms with Gasteiger partial charge in [0.1, 0.15) is 0 Å². The van der Waals surface area contributed by atoms with E-state index in [4.69, 9.17) is 22.1 Å². The number of nitrogen functional groups attached to an aromatic ring is 1. The van der Waals surface area contributed by atoms with E-state index >= 15 is 0 Å². The quantitative estimate of drug-likeness (QED) is 0.581. The Labute approximate surface area is 108 Å². The van der Waals surface area contributed by atoms with Crippen LogP contribution in [0.4, 0.5) is 11.4 Å². The minimum Gasteiger partial charge on any atom is -0.397 e. The van der Waals surface area contributed by atoms with E-state index in [1.54, 1.807) is 0 Å². The zero-order valence-electron chi connectivity index (χ0n) is 10.5. The predicted octanol–water partition coefficient (Wildman–Crippen LogP) is 3.40. The molecule has 3 N–H and O–H groups in total. The second kappa shape index (κ2) is 7.41. The number of nitrogens with two attached hydrogens (primary N) is 1. The third kappa shape index (κ3) is 5.29. The van der Waals surface area contributed by atoms with E-state index in [0.717, 1.165) is 31.9 Å². The van der Waals surface area contributed by atoms with Crippen LogP contribution in [0, 0.1) is 5.92 Å². The molecule has 0 aliphatic carbocycles. The van der Waals surface area contributed by atoms with Crippen LogP contribution in [0.2, 0.25) is 5.02 Å². The first-order valence-corrected chi connectivity index (χ1v) is 6.34. The average molecular weight is 257 g/mol. The standard InChI is InChI=1S/C13H21ClN2O/c1-10(2)9-17-8-4-7-16-13-11(14)5-3-6-12(13)15/h3,5-6,10,16H,4,7-9,15H2,1-2H3. The molecule has 1 aromatic carbocycles. The molecule has 17 heavy (non-hydrogen) atoms. The van der Waals surface area contributed by atoms with E-state index in [0.29, 0.717) is 16.6 Å². The molecule has 0 heterocycles. The number of halogens is 1. The second-order valence-corrected chi connectivity index (χ2v) is 4.86. The molecule has 0 atom stereocenters. The third-order valence-electron chi connectivity index (χ3n) is 2.26. The summed E-state index contributed by atoms with van der Waals surface area (Å²) in [6, 6.07) is 5.51. The topological polar surface area (TPSA) is 47.3 Å². The number of hydrogen-bond acceptors (Lipinski definition) is 3. The van der Waals surface area contributed by atoms with E-state index in [-0.39, 0.29) is 0 Å². The Morgan fingerprint density at radius 2 is 2.18 bits per heavy atom. The summed E-state index contributed by atoms with van der Waals surface area (Å²) < 4.78 is 5.49. The molecule has 0 spiro atoms. The van der Waals surface area contributed by atoms with E-state index in [9.17, 15) is 0 Å². The third-order valence-corrected chi connectivity index (χ3v) is 2.58. The van der Waals surface area contributed by atoms with E-state index in [1.165, 1.54) is 0 Å². The van der Waals surface area contributed by atoms with Crippen molar-refractivity contribution in [2.24, 2.45) is 5.92 Å². The van der Waals surface area contributed by atoms with Gasteiger partial charge in [-0.05, 0) is 24.5 Å². The van der Waals surface area contributed by atoms with Crippen molar-refractivity contribution in [3.8, 4) is 0 Å². The van der Waals surface area contributed by atoms with Gasteiger partial charge in [-0.25, -0.2) is 0 Å². The van der Waals surface area contributed by atoms with Gasteiger partial charge in [0, 0.05) is 19.8 Å². The summed E-state index contributed by atoms with van der Waals surface area (Å²) in [6.45, 7) is 6.67. The summed E-state index contributed by atoms with van der Waals surface area (Å²) in [5, 5.41) is 3.89. The van der Waals surface area contributed by atoms with Crippen molar-refractivity contribution in [2.45, 2.75) is 20.3 Å². The van der Waals surface area contributed by atoms with Gasteiger partial charge in [0.05, 0.1) is 16.4 Å². The van der Waals surface area contributed by atoms with Gasteiger partial charge in [-0.15, -0.1) is 0 Å². The summed E-state index contributed by atoms with van der Waals surface area (Å²) in [5.74, 6) is 0.585. The maximum atomic E-state index is 6.04. The maximum absolute atomic E-state index is 6.04. The highest BCUT2D eigenvalue weighted by Crippen LogP contribution is 2.27. The molecule has 0 saturated carbocycles. The van der Waals surface area contributed by atoms with Crippen molar-refractivity contribution in [2.75, 3.05) is 30.8 Å². The molecule has 0 aromatic heterocycles. The highest BCUT2D eigenvalue weighted by atomic mass is 35.5. The van der Waals surface area contributed by atoms with Gasteiger partial charge in [0.15, 0.2) is 0 Å². The van der Waals surface area contributed by atoms with Crippen molar-refractivity contribution in [3.63, 3.8) is 0 Å². The zero-order valence-corrected chi connectivity index (χ0v) is 11.3. The fourth-order valence-electron chi connectivity index (χ4n) is 1.43. The smallest absolute Gasteiger partial charge is 0.0763 e. The van der Waals surface area contributed by atoms with Crippen LogP contribution in [0.3, 0.4) is 0 Å². The number of nitrogens with one attached hydrogen (secondary N) is 1. The van der Waals surface area contributed by atoms with Crippen LogP contribution in [0.5, 0.6) is 0 Å². The fraction of sp³-hybridized carbons (Fsp3) is 0.538. The molecule has 0 saturated heterocycles. The number of anilines is 2. The molecule has 0 radical (unpaired) electrons. The Morgan fingerprint density at radius 3 is 2.82 bits per heavy atom. The van der Waals surface area contributed by atoms with E-state index < -0.39 is 0 Å². The normalized spacial score (nSPS) is 10.8. The van der Waals surface area contributed by atoms with Crippen LogP contribution in [0.1, 0.15) is 20.3 Å². The minimum atomic E-state index is 0.585. The lowest BCUT2D eigenvalue weighted by molar-refractivity contribution is 0.110. The van der Waals surface area contributed by atoms with Gasteiger partial charge in [-0.3, -0.25) is 0 Å². The number of hydrogen-bond donors (Lipinski definition) is 2. The molecule has 0 bridgehead atoms. The SMILES string of the molecule is CC(C)COCCCNc1c(N)cccc1Cl. The molecule has 0 amide bonds. The number of para-hydroxylation sites is 1. The lowest BCUT2D eigenvalue weighted by Gasteiger charge is -2.11. The van der Waals surface area contributed by atoms with Crippen molar-refractivity contribution in [1.82, 2.24) is 0 Å². The van der Waals surface area contributed by atoms with Crippen LogP contribution >= 0.6 is 11.6 Å². The van der Waals surface area contributed by atoms with Crippen molar-refractivity contribution >= 4 is 23.0 Å². The average Bonchev–Trinajstić information content (AvgIpc) is 2.26. The lowest BCUT2D eigenvalue weighted by atomic mass is 10.2. The number of ether oxygens (including phenoxy) is 1. The van der Waals surface area contributed by atoms with Gasteiger partial charge in [-0.1, -0.05) is 31.5 Å². The molecule has 0 unspecified atom stereocenters. The van der Waals surface area contributed by atoms with Gasteiger partial charge in [-0.2, -0.15) is 0 Å². The summed E-state index contributed by atoms with van der Waals surface area (Å²) in [5.41, 5.74) is 7.32. The fourth-order valence-corrected chi connectivity index (χ4v) is 1.68. The van der Waals surface area contributed by atoms with Gasteiger partial charge in [0.25, 0.3) is 0 Å². The Morgan fingerprint density at radius 1 is 1.41 bits per heavy atom. The minimum absolute atomic E-state index is 0.585. The Balaban J connectivity index is 2.22. The van der Waals surface area contributed by atoms with Gasteiger partial charge < -0.3 is 15.8 Å². The summed E-state index contributed by atoms with van der Waals surface area (Å²) >= 11 is 6.04. The largest absolute Gasteiger partial charge is 0.397 e. The van der Waals surface area contributed by atoms with Crippen LogP contribution in [0.15, 0.2) is 18.2 Å². The van der Waals surface area contributed by atoms with Crippen LogP contribution in [-0.4, -0.2) is 19.8 Å². The Hall–Kier alpha value is -0.930. The molecule has 1 aromatic rings. The molecule has 3 nitrogen and oxygen atoms in total. The molecule has 1 rings (SSSR count). The second-order valence-electron chi connectivity index (χ2n) is 4.45.